The van der Waals surface area contributed by atoms with Crippen LogP contribution in [0.15, 0.2) is 71.7 Å². The number of guanidine groups is 1. The van der Waals surface area contributed by atoms with E-state index >= 15 is 0 Å². The van der Waals surface area contributed by atoms with Gasteiger partial charge in [-0.25, -0.2) is 9.97 Å². The molecule has 36 heavy (non-hydrogen) atoms. The third-order valence-electron chi connectivity index (χ3n) is 5.67. The van der Waals surface area contributed by atoms with E-state index in [2.05, 4.69) is 66.8 Å². The van der Waals surface area contributed by atoms with Gasteiger partial charge in [0.05, 0.1) is 10.7 Å². The van der Waals surface area contributed by atoms with Gasteiger partial charge in [0.15, 0.2) is 0 Å². The third kappa shape index (κ3) is 7.58. The number of benzene rings is 2. The minimum atomic E-state index is 0.309. The molecular weight excluding hydrogens is 490 g/mol. The average molecular weight is 520 g/mol. The summed E-state index contributed by atoms with van der Waals surface area (Å²) in [6.45, 7) is 8.19. The number of thiocarbonyl (C=S) groups is 1. The SMILES string of the molecule is Cc1cc(C)nc(N/C(=N/C(=S)Nc2ccccc2Cl)N2CCN(C/C=C/c3ccccc3)CC2)n1. The molecule has 1 saturated heterocycles. The zero-order chi connectivity index (χ0) is 25.3. The number of nitrogens with zero attached hydrogens (tertiary/aromatic N) is 5. The van der Waals surface area contributed by atoms with E-state index in [1.165, 1.54) is 5.56 Å². The summed E-state index contributed by atoms with van der Waals surface area (Å²) < 4.78 is 0. The zero-order valence-electron chi connectivity index (χ0n) is 20.5. The summed E-state index contributed by atoms with van der Waals surface area (Å²) >= 11 is 11.8. The van der Waals surface area contributed by atoms with Crippen LogP contribution in [0.2, 0.25) is 5.02 Å². The van der Waals surface area contributed by atoms with Crippen LogP contribution >= 0.6 is 23.8 Å². The molecule has 0 aliphatic carbocycles. The Balaban J connectivity index is 1.44. The number of rotatable bonds is 5. The molecule has 1 aliphatic heterocycles. The molecule has 2 N–H and O–H groups in total. The van der Waals surface area contributed by atoms with Crippen molar-refractivity contribution in [3.63, 3.8) is 0 Å². The fraction of sp³-hybridized carbons (Fsp3) is 0.259. The van der Waals surface area contributed by atoms with E-state index in [9.17, 15) is 0 Å². The molecular formula is C27H30ClN7S. The summed E-state index contributed by atoms with van der Waals surface area (Å²) in [5, 5.41) is 7.32. The first-order valence-corrected chi connectivity index (χ1v) is 12.7. The fourth-order valence-corrected chi connectivity index (χ4v) is 4.29. The molecule has 0 bridgehead atoms. The van der Waals surface area contributed by atoms with E-state index in [1.807, 2.05) is 50.2 Å². The Morgan fingerprint density at radius 1 is 0.972 bits per heavy atom. The Hall–Kier alpha value is -3.33. The first-order chi connectivity index (χ1) is 17.5. The minimum absolute atomic E-state index is 0.309. The van der Waals surface area contributed by atoms with E-state index in [0.717, 1.165) is 44.1 Å². The smallest absolute Gasteiger partial charge is 0.229 e. The number of aryl methyl sites for hydroxylation is 2. The molecule has 0 radical (unpaired) electrons. The fourth-order valence-electron chi connectivity index (χ4n) is 3.91. The first kappa shape index (κ1) is 25.8. The molecule has 0 spiro atoms. The molecule has 0 atom stereocenters. The third-order valence-corrected chi connectivity index (χ3v) is 6.20. The molecule has 0 amide bonds. The topological polar surface area (TPSA) is 68.7 Å². The number of para-hydroxylation sites is 1. The maximum atomic E-state index is 6.29. The highest BCUT2D eigenvalue weighted by molar-refractivity contribution is 7.80. The molecule has 2 aromatic carbocycles. The maximum Gasteiger partial charge on any atom is 0.229 e. The van der Waals surface area contributed by atoms with Gasteiger partial charge in [-0.1, -0.05) is 66.2 Å². The van der Waals surface area contributed by atoms with Crippen LogP contribution in [-0.2, 0) is 0 Å². The van der Waals surface area contributed by atoms with Crippen molar-refractivity contribution in [3.8, 4) is 0 Å². The minimum Gasteiger partial charge on any atom is -0.340 e. The Morgan fingerprint density at radius 3 is 2.33 bits per heavy atom. The van der Waals surface area contributed by atoms with E-state index in [0.29, 0.717) is 27.7 Å². The maximum absolute atomic E-state index is 6.29. The molecule has 1 aliphatic rings. The van der Waals surface area contributed by atoms with Crippen molar-refractivity contribution in [1.29, 1.82) is 0 Å². The molecule has 7 nitrogen and oxygen atoms in total. The van der Waals surface area contributed by atoms with Gasteiger partial charge in [0, 0.05) is 44.1 Å². The van der Waals surface area contributed by atoms with Gasteiger partial charge in [0.25, 0.3) is 0 Å². The van der Waals surface area contributed by atoms with Crippen molar-refractivity contribution in [2.45, 2.75) is 13.8 Å². The predicted octanol–water partition coefficient (Wildman–Crippen LogP) is 5.24. The van der Waals surface area contributed by atoms with Crippen LogP contribution in [0, 0.1) is 13.8 Å². The standard InChI is InChI=1S/C27H30ClN7S/c1-20-19-21(2)30-25(29-20)32-26(33-27(36)31-24-13-7-6-12-23(24)28)35-17-15-34(16-18-35)14-8-11-22-9-4-3-5-10-22/h3-13,19H,14-18H2,1-2H3,(H2,29,30,31,32,33,36)/b11-8+. The molecule has 186 valence electrons. The molecule has 1 fully saturated rings. The number of piperazine rings is 1. The Bertz CT molecular complexity index is 1220. The second-order valence-corrected chi connectivity index (χ2v) is 9.34. The lowest BCUT2D eigenvalue weighted by Crippen LogP contribution is -2.51. The van der Waals surface area contributed by atoms with Crippen molar-refractivity contribution in [3.05, 3.63) is 88.7 Å². The van der Waals surface area contributed by atoms with Crippen LogP contribution in [-0.4, -0.2) is 63.6 Å². The summed E-state index contributed by atoms with van der Waals surface area (Å²) in [5.41, 5.74) is 3.69. The normalized spacial score (nSPS) is 14.8. The highest BCUT2D eigenvalue weighted by Crippen LogP contribution is 2.20. The summed E-state index contributed by atoms with van der Waals surface area (Å²) in [7, 11) is 0. The van der Waals surface area contributed by atoms with E-state index in [1.54, 1.807) is 0 Å². The van der Waals surface area contributed by atoms with E-state index in [4.69, 9.17) is 28.8 Å². The predicted molar refractivity (Wildman–Crippen MR) is 154 cm³/mol. The van der Waals surface area contributed by atoms with E-state index in [-0.39, 0.29) is 0 Å². The van der Waals surface area contributed by atoms with Gasteiger partial charge in [0.1, 0.15) is 0 Å². The lowest BCUT2D eigenvalue weighted by molar-refractivity contribution is 0.198. The van der Waals surface area contributed by atoms with Crippen LogP contribution in [0.5, 0.6) is 0 Å². The summed E-state index contributed by atoms with van der Waals surface area (Å²) in [4.78, 5) is 18.3. The van der Waals surface area contributed by atoms with Crippen molar-refractivity contribution < 1.29 is 0 Å². The molecule has 2 heterocycles. The summed E-state index contributed by atoms with van der Waals surface area (Å²) in [6, 6.07) is 19.7. The van der Waals surface area contributed by atoms with Gasteiger partial charge in [-0.3, -0.25) is 10.2 Å². The molecule has 3 aromatic rings. The number of nitrogens with one attached hydrogen (secondary N) is 2. The Kier molecular flexibility index (Phi) is 9.00. The first-order valence-electron chi connectivity index (χ1n) is 11.9. The van der Waals surface area contributed by atoms with Crippen molar-refractivity contribution in [1.82, 2.24) is 19.8 Å². The molecule has 9 heteroatoms. The van der Waals surface area contributed by atoms with Gasteiger partial charge in [0.2, 0.25) is 17.0 Å². The second kappa shape index (κ2) is 12.6. The highest BCUT2D eigenvalue weighted by atomic mass is 35.5. The second-order valence-electron chi connectivity index (χ2n) is 8.55. The van der Waals surface area contributed by atoms with Gasteiger partial charge >= 0.3 is 0 Å². The summed E-state index contributed by atoms with van der Waals surface area (Å²) in [6.07, 6.45) is 4.38. The largest absolute Gasteiger partial charge is 0.340 e. The lowest BCUT2D eigenvalue weighted by Gasteiger charge is -2.35. The van der Waals surface area contributed by atoms with Gasteiger partial charge in [-0.15, -0.1) is 0 Å². The van der Waals surface area contributed by atoms with Crippen LogP contribution in [0.4, 0.5) is 11.6 Å². The van der Waals surface area contributed by atoms with E-state index < -0.39 is 0 Å². The molecule has 4 rings (SSSR count). The molecule has 0 unspecified atom stereocenters. The monoisotopic (exact) mass is 519 g/mol. The number of aliphatic imine (C=N–C) groups is 1. The highest BCUT2D eigenvalue weighted by Gasteiger charge is 2.21. The number of hydrogen-bond acceptors (Lipinski definition) is 4. The van der Waals surface area contributed by atoms with Crippen LogP contribution in [0.1, 0.15) is 17.0 Å². The quantitative estimate of drug-likeness (QED) is 0.271. The molecule has 0 saturated carbocycles. The Morgan fingerprint density at radius 2 is 1.64 bits per heavy atom. The van der Waals surface area contributed by atoms with Crippen LogP contribution < -0.4 is 10.6 Å². The number of halogens is 1. The number of anilines is 2. The van der Waals surface area contributed by atoms with Crippen molar-refractivity contribution in [2.75, 3.05) is 43.4 Å². The van der Waals surface area contributed by atoms with Gasteiger partial charge in [-0.05, 0) is 49.8 Å². The number of hydrogen-bond donors (Lipinski definition) is 2. The van der Waals surface area contributed by atoms with Crippen LogP contribution in [0.25, 0.3) is 6.08 Å². The van der Waals surface area contributed by atoms with Gasteiger partial charge in [-0.2, -0.15) is 4.99 Å². The van der Waals surface area contributed by atoms with Crippen molar-refractivity contribution in [2.24, 2.45) is 4.99 Å². The molecule has 1 aromatic heterocycles. The van der Waals surface area contributed by atoms with Crippen molar-refractivity contribution >= 4 is 52.6 Å². The Labute approximate surface area is 222 Å². The van der Waals surface area contributed by atoms with Gasteiger partial charge < -0.3 is 10.2 Å². The summed E-state index contributed by atoms with van der Waals surface area (Å²) in [5.74, 6) is 1.11. The average Bonchev–Trinajstić information content (AvgIpc) is 2.86. The zero-order valence-corrected chi connectivity index (χ0v) is 22.1. The van der Waals surface area contributed by atoms with Crippen LogP contribution in [0.3, 0.4) is 0 Å². The lowest BCUT2D eigenvalue weighted by atomic mass is 10.2. The number of aromatic nitrogens is 2.